The highest BCUT2D eigenvalue weighted by atomic mass is 16.5. The fourth-order valence-electron chi connectivity index (χ4n) is 3.50. The SMILES string of the molecule is Cc1cc(C(=O)N2CCC(c3ccccc3)C2)c2c(C)noc2n1. The number of amides is 1. The summed E-state index contributed by atoms with van der Waals surface area (Å²) in [7, 11) is 0. The number of carbonyl (C=O) groups excluding carboxylic acids is 1. The zero-order valence-electron chi connectivity index (χ0n) is 13.8. The van der Waals surface area contributed by atoms with Crippen LogP contribution in [-0.2, 0) is 0 Å². The molecule has 1 aliphatic heterocycles. The van der Waals surface area contributed by atoms with Crippen molar-refractivity contribution >= 4 is 17.0 Å². The van der Waals surface area contributed by atoms with E-state index in [9.17, 15) is 4.79 Å². The lowest BCUT2D eigenvalue weighted by Gasteiger charge is -2.17. The Labute approximate surface area is 140 Å². The zero-order valence-corrected chi connectivity index (χ0v) is 13.8. The molecule has 5 nitrogen and oxygen atoms in total. The number of hydrogen-bond donors (Lipinski definition) is 0. The van der Waals surface area contributed by atoms with Gasteiger partial charge < -0.3 is 9.42 Å². The third kappa shape index (κ3) is 2.46. The summed E-state index contributed by atoms with van der Waals surface area (Å²) >= 11 is 0. The molecule has 2 aromatic heterocycles. The van der Waals surface area contributed by atoms with E-state index in [2.05, 4.69) is 34.4 Å². The Kier molecular flexibility index (Phi) is 3.56. The summed E-state index contributed by atoms with van der Waals surface area (Å²) in [4.78, 5) is 19.3. The topological polar surface area (TPSA) is 59.2 Å². The van der Waals surface area contributed by atoms with Gasteiger partial charge in [-0.2, -0.15) is 0 Å². The Morgan fingerprint density at radius 2 is 2.04 bits per heavy atom. The molecule has 0 spiro atoms. The first-order chi connectivity index (χ1) is 11.6. The van der Waals surface area contributed by atoms with Crippen LogP contribution in [0.2, 0.25) is 0 Å². The summed E-state index contributed by atoms with van der Waals surface area (Å²) < 4.78 is 5.24. The second-order valence-electron chi connectivity index (χ2n) is 6.41. The zero-order chi connectivity index (χ0) is 16.7. The fraction of sp³-hybridized carbons (Fsp3) is 0.316. The molecule has 0 radical (unpaired) electrons. The van der Waals surface area contributed by atoms with Crippen molar-refractivity contribution in [3.63, 3.8) is 0 Å². The van der Waals surface area contributed by atoms with Crippen LogP contribution >= 0.6 is 0 Å². The van der Waals surface area contributed by atoms with Crippen LogP contribution in [0, 0.1) is 13.8 Å². The minimum Gasteiger partial charge on any atom is -0.338 e. The second-order valence-corrected chi connectivity index (χ2v) is 6.41. The lowest BCUT2D eigenvalue weighted by molar-refractivity contribution is 0.0792. The van der Waals surface area contributed by atoms with Gasteiger partial charge in [0.1, 0.15) is 0 Å². The summed E-state index contributed by atoms with van der Waals surface area (Å²) in [6, 6.07) is 12.2. The van der Waals surface area contributed by atoms with Gasteiger partial charge in [-0.1, -0.05) is 35.5 Å². The van der Waals surface area contributed by atoms with Crippen LogP contribution in [0.15, 0.2) is 40.9 Å². The first-order valence-corrected chi connectivity index (χ1v) is 8.21. The van der Waals surface area contributed by atoms with Gasteiger partial charge in [-0.25, -0.2) is 4.98 Å². The molecule has 1 aromatic carbocycles. The first kappa shape index (κ1) is 14.9. The van der Waals surface area contributed by atoms with Gasteiger partial charge in [0.05, 0.1) is 16.6 Å². The third-order valence-corrected chi connectivity index (χ3v) is 4.72. The molecule has 5 heteroatoms. The van der Waals surface area contributed by atoms with E-state index < -0.39 is 0 Å². The number of aromatic nitrogens is 2. The van der Waals surface area contributed by atoms with Crippen molar-refractivity contribution in [1.29, 1.82) is 0 Å². The molecule has 1 aliphatic rings. The molecule has 4 rings (SSSR count). The molecule has 1 atom stereocenters. The number of fused-ring (bicyclic) bond motifs is 1. The maximum Gasteiger partial charge on any atom is 0.258 e. The Morgan fingerprint density at radius 1 is 1.25 bits per heavy atom. The van der Waals surface area contributed by atoms with Crippen molar-refractivity contribution in [1.82, 2.24) is 15.0 Å². The molecule has 1 amide bonds. The van der Waals surface area contributed by atoms with Crippen molar-refractivity contribution in [3.8, 4) is 0 Å². The molecule has 3 heterocycles. The van der Waals surface area contributed by atoms with Crippen LogP contribution < -0.4 is 0 Å². The lowest BCUT2D eigenvalue weighted by Crippen LogP contribution is -2.28. The predicted molar refractivity (Wildman–Crippen MR) is 91.0 cm³/mol. The number of nitrogens with zero attached hydrogens (tertiary/aromatic N) is 3. The van der Waals surface area contributed by atoms with Gasteiger partial charge in [0.15, 0.2) is 0 Å². The van der Waals surface area contributed by atoms with E-state index in [1.807, 2.05) is 30.9 Å². The molecule has 0 saturated carbocycles. The number of carbonyl (C=O) groups is 1. The Bertz CT molecular complexity index is 902. The van der Waals surface area contributed by atoms with E-state index in [0.717, 1.165) is 30.6 Å². The highest BCUT2D eigenvalue weighted by molar-refractivity contribution is 6.06. The Hall–Kier alpha value is -2.69. The molecule has 0 aliphatic carbocycles. The Morgan fingerprint density at radius 3 is 2.83 bits per heavy atom. The molecular weight excluding hydrogens is 302 g/mol. The molecule has 0 bridgehead atoms. The van der Waals surface area contributed by atoms with Gasteiger partial charge in [-0.15, -0.1) is 0 Å². The number of hydrogen-bond acceptors (Lipinski definition) is 4. The van der Waals surface area contributed by atoms with Gasteiger partial charge in [-0.3, -0.25) is 4.79 Å². The summed E-state index contributed by atoms with van der Waals surface area (Å²) in [6.45, 7) is 5.23. The molecule has 1 unspecified atom stereocenters. The van der Waals surface area contributed by atoms with Crippen LogP contribution in [0.25, 0.3) is 11.1 Å². The van der Waals surface area contributed by atoms with Gasteiger partial charge in [-0.05, 0) is 31.9 Å². The van der Waals surface area contributed by atoms with E-state index in [4.69, 9.17) is 4.52 Å². The quantitative estimate of drug-likeness (QED) is 0.725. The number of rotatable bonds is 2. The van der Waals surface area contributed by atoms with Crippen molar-refractivity contribution in [3.05, 3.63) is 58.9 Å². The predicted octanol–water partition coefficient (Wildman–Crippen LogP) is 3.47. The molecule has 1 saturated heterocycles. The molecule has 3 aromatic rings. The normalized spacial score (nSPS) is 17.6. The maximum atomic E-state index is 13.1. The molecule has 0 N–H and O–H groups in total. The second kappa shape index (κ2) is 5.74. The number of pyridine rings is 1. The van der Waals surface area contributed by atoms with E-state index in [1.165, 1.54) is 5.56 Å². The standard InChI is InChI=1S/C19H19N3O2/c1-12-10-16(17-13(2)21-24-18(17)20-12)19(23)22-9-8-15(11-22)14-6-4-3-5-7-14/h3-7,10,15H,8-9,11H2,1-2H3. The van der Waals surface area contributed by atoms with Crippen LogP contribution in [-0.4, -0.2) is 34.0 Å². The first-order valence-electron chi connectivity index (χ1n) is 8.21. The smallest absolute Gasteiger partial charge is 0.258 e. The van der Waals surface area contributed by atoms with Gasteiger partial charge in [0, 0.05) is 24.7 Å². The van der Waals surface area contributed by atoms with Crippen LogP contribution in [0.5, 0.6) is 0 Å². The largest absolute Gasteiger partial charge is 0.338 e. The average molecular weight is 321 g/mol. The number of likely N-dealkylation sites (tertiary alicyclic amines) is 1. The van der Waals surface area contributed by atoms with Crippen LogP contribution in [0.1, 0.15) is 39.6 Å². The van der Waals surface area contributed by atoms with Crippen LogP contribution in [0.4, 0.5) is 0 Å². The van der Waals surface area contributed by atoms with Crippen molar-refractivity contribution in [2.24, 2.45) is 0 Å². The van der Waals surface area contributed by atoms with E-state index in [1.54, 1.807) is 0 Å². The van der Waals surface area contributed by atoms with Gasteiger partial charge in [0.2, 0.25) is 0 Å². The highest BCUT2D eigenvalue weighted by Crippen LogP contribution is 2.30. The minimum atomic E-state index is 0.0373. The molecule has 24 heavy (non-hydrogen) atoms. The Balaban J connectivity index is 1.64. The van der Waals surface area contributed by atoms with Crippen LogP contribution in [0.3, 0.4) is 0 Å². The van der Waals surface area contributed by atoms with Crippen molar-refractivity contribution < 1.29 is 9.32 Å². The van der Waals surface area contributed by atoms with Crippen molar-refractivity contribution in [2.45, 2.75) is 26.2 Å². The fourth-order valence-corrected chi connectivity index (χ4v) is 3.50. The summed E-state index contributed by atoms with van der Waals surface area (Å²) in [6.07, 6.45) is 0.992. The molecule has 122 valence electrons. The third-order valence-electron chi connectivity index (χ3n) is 4.72. The molecule has 1 fully saturated rings. The molecular formula is C19H19N3O2. The van der Waals surface area contributed by atoms with E-state index >= 15 is 0 Å². The summed E-state index contributed by atoms with van der Waals surface area (Å²) in [5.74, 6) is 0.437. The summed E-state index contributed by atoms with van der Waals surface area (Å²) in [5, 5.41) is 4.69. The minimum absolute atomic E-state index is 0.0373. The maximum absolute atomic E-state index is 13.1. The average Bonchev–Trinajstić information content (AvgIpc) is 3.22. The number of benzene rings is 1. The number of aryl methyl sites for hydroxylation is 2. The monoisotopic (exact) mass is 321 g/mol. The van der Waals surface area contributed by atoms with Crippen molar-refractivity contribution in [2.75, 3.05) is 13.1 Å². The van der Waals surface area contributed by atoms with E-state index in [0.29, 0.717) is 22.9 Å². The van der Waals surface area contributed by atoms with Gasteiger partial charge in [0.25, 0.3) is 11.6 Å². The van der Waals surface area contributed by atoms with E-state index in [-0.39, 0.29) is 5.91 Å². The van der Waals surface area contributed by atoms with Gasteiger partial charge >= 0.3 is 0 Å². The lowest BCUT2D eigenvalue weighted by atomic mass is 9.99. The summed E-state index contributed by atoms with van der Waals surface area (Å²) in [5.41, 5.74) is 3.85. The highest BCUT2D eigenvalue weighted by Gasteiger charge is 2.30.